The molecule has 0 aliphatic carbocycles. The van der Waals surface area contributed by atoms with E-state index in [1.807, 2.05) is 30.3 Å². The lowest BCUT2D eigenvalue weighted by atomic mass is 10.0. The van der Waals surface area contributed by atoms with Crippen molar-refractivity contribution in [2.24, 2.45) is 5.73 Å². The standard InChI is InChI=1S/C31H32FN3O7S/c1-18-23-14-24-27(42-29(28(24)30(36)34-2)20-9-11-21(32)12-10-20)15-26(23)35(43(3,38)39)16-22(41-18)17-40-31(37)25(33)13-19-7-5-4-6-8-19/h4-12,14-15,18,22,25H,13,16-17,33H2,1-3H3,(H,34,36)/t18-,22-,25-/m0/s1. The molecule has 0 saturated carbocycles. The summed E-state index contributed by atoms with van der Waals surface area (Å²) in [5, 5.41) is 3.04. The predicted octanol–water partition coefficient (Wildman–Crippen LogP) is 3.94. The van der Waals surface area contributed by atoms with Crippen molar-refractivity contribution in [2.45, 2.75) is 31.6 Å². The van der Waals surface area contributed by atoms with Gasteiger partial charge in [-0.3, -0.25) is 13.9 Å². The lowest BCUT2D eigenvalue weighted by Crippen LogP contribution is -2.41. The number of amides is 1. The zero-order valence-electron chi connectivity index (χ0n) is 23.9. The highest BCUT2D eigenvalue weighted by Crippen LogP contribution is 2.42. The van der Waals surface area contributed by atoms with Crippen molar-refractivity contribution in [1.29, 1.82) is 0 Å². The first-order valence-corrected chi connectivity index (χ1v) is 15.5. The number of sulfonamides is 1. The number of carbonyl (C=O) groups excluding carboxylic acids is 2. The molecule has 0 unspecified atom stereocenters. The van der Waals surface area contributed by atoms with Crippen LogP contribution in [0.1, 0.15) is 34.5 Å². The fraction of sp³-hybridized carbons (Fsp3) is 0.290. The molecule has 2 heterocycles. The first-order valence-electron chi connectivity index (χ1n) is 13.6. The minimum absolute atomic E-state index is 0.142. The molecule has 43 heavy (non-hydrogen) atoms. The van der Waals surface area contributed by atoms with E-state index in [-0.39, 0.29) is 36.5 Å². The highest BCUT2D eigenvalue weighted by molar-refractivity contribution is 7.92. The Labute approximate surface area is 248 Å². The molecular formula is C31H32FN3O7S. The summed E-state index contributed by atoms with van der Waals surface area (Å²) < 4.78 is 58.6. The molecule has 1 aliphatic rings. The van der Waals surface area contributed by atoms with E-state index in [9.17, 15) is 22.4 Å². The normalized spacial score (nSPS) is 17.7. The van der Waals surface area contributed by atoms with Gasteiger partial charge in [0.05, 0.1) is 30.2 Å². The molecule has 4 aromatic rings. The van der Waals surface area contributed by atoms with E-state index in [1.54, 1.807) is 19.1 Å². The third-order valence-corrected chi connectivity index (χ3v) is 8.43. The van der Waals surface area contributed by atoms with Crippen molar-refractivity contribution in [2.75, 3.05) is 30.8 Å². The quantitative estimate of drug-likeness (QED) is 0.286. The predicted molar refractivity (Wildman–Crippen MR) is 160 cm³/mol. The number of esters is 1. The molecule has 0 bridgehead atoms. The Morgan fingerprint density at radius 2 is 1.84 bits per heavy atom. The van der Waals surface area contributed by atoms with Gasteiger partial charge in [-0.2, -0.15) is 0 Å². The number of anilines is 1. The lowest BCUT2D eigenvalue weighted by Gasteiger charge is -2.25. The van der Waals surface area contributed by atoms with Gasteiger partial charge >= 0.3 is 5.97 Å². The summed E-state index contributed by atoms with van der Waals surface area (Å²) in [5.74, 6) is -1.29. The van der Waals surface area contributed by atoms with Crippen LogP contribution < -0.4 is 15.4 Å². The monoisotopic (exact) mass is 609 g/mol. The summed E-state index contributed by atoms with van der Waals surface area (Å²) in [6.07, 6.45) is -0.119. The number of nitrogens with two attached hydrogens (primary N) is 1. The highest BCUT2D eigenvalue weighted by Gasteiger charge is 2.34. The molecule has 5 rings (SSSR count). The summed E-state index contributed by atoms with van der Waals surface area (Å²) >= 11 is 0. The Hall–Kier alpha value is -4.26. The van der Waals surface area contributed by atoms with Crippen molar-refractivity contribution in [3.8, 4) is 11.3 Å². The Balaban J connectivity index is 1.47. The molecule has 3 aromatic carbocycles. The molecular weight excluding hydrogens is 577 g/mol. The Kier molecular flexibility index (Phi) is 8.54. The maximum atomic E-state index is 13.6. The third kappa shape index (κ3) is 6.41. The Bertz CT molecular complexity index is 1760. The van der Waals surface area contributed by atoms with Gasteiger partial charge in [-0.15, -0.1) is 0 Å². The van der Waals surface area contributed by atoms with Crippen LogP contribution in [0.5, 0.6) is 0 Å². The number of rotatable bonds is 8. The van der Waals surface area contributed by atoms with Gasteiger partial charge in [0.2, 0.25) is 10.0 Å². The molecule has 1 aliphatic heterocycles. The van der Waals surface area contributed by atoms with Crippen molar-refractivity contribution in [3.63, 3.8) is 0 Å². The van der Waals surface area contributed by atoms with Crippen LogP contribution in [0.15, 0.2) is 71.1 Å². The second-order valence-corrected chi connectivity index (χ2v) is 12.3. The van der Waals surface area contributed by atoms with Gasteiger partial charge in [-0.05, 0) is 49.2 Å². The number of halogens is 1. The van der Waals surface area contributed by atoms with Gasteiger partial charge < -0.3 is 24.9 Å². The van der Waals surface area contributed by atoms with Gasteiger partial charge in [-0.1, -0.05) is 30.3 Å². The van der Waals surface area contributed by atoms with E-state index in [1.165, 1.54) is 35.6 Å². The lowest BCUT2D eigenvalue weighted by molar-refractivity contribution is -0.150. The first kappa shape index (κ1) is 30.2. The molecule has 1 aromatic heterocycles. The van der Waals surface area contributed by atoms with Crippen molar-refractivity contribution < 1.29 is 36.3 Å². The van der Waals surface area contributed by atoms with Gasteiger partial charge in [-0.25, -0.2) is 12.8 Å². The van der Waals surface area contributed by atoms with Crippen molar-refractivity contribution >= 4 is 38.6 Å². The van der Waals surface area contributed by atoms with Crippen LogP contribution in [-0.4, -0.2) is 58.9 Å². The minimum Gasteiger partial charge on any atom is -0.462 e. The topological polar surface area (TPSA) is 141 Å². The number of ether oxygens (including phenoxy) is 2. The highest BCUT2D eigenvalue weighted by atomic mass is 32.2. The van der Waals surface area contributed by atoms with Crippen molar-refractivity contribution in [1.82, 2.24) is 5.32 Å². The van der Waals surface area contributed by atoms with E-state index in [0.29, 0.717) is 22.2 Å². The summed E-state index contributed by atoms with van der Waals surface area (Å²) in [7, 11) is -2.36. The number of nitrogens with zero attached hydrogens (tertiary/aromatic N) is 1. The fourth-order valence-corrected chi connectivity index (χ4v) is 6.13. The number of hydrogen-bond acceptors (Lipinski definition) is 8. The minimum atomic E-state index is -3.84. The summed E-state index contributed by atoms with van der Waals surface area (Å²) in [6.45, 7) is 1.38. The van der Waals surface area contributed by atoms with E-state index in [2.05, 4.69) is 5.32 Å². The van der Waals surface area contributed by atoms with Gasteiger partial charge in [0.15, 0.2) is 0 Å². The zero-order chi connectivity index (χ0) is 30.9. The Morgan fingerprint density at radius 3 is 2.49 bits per heavy atom. The van der Waals surface area contributed by atoms with Crippen LogP contribution in [0.2, 0.25) is 0 Å². The molecule has 3 N–H and O–H groups in total. The van der Waals surface area contributed by atoms with E-state index < -0.39 is 46.0 Å². The molecule has 1 amide bonds. The SMILES string of the molecule is CNC(=O)c1c(-c2ccc(F)cc2)oc2cc3c(cc12)[C@H](C)O[C@H](COC(=O)[C@@H](N)Cc1ccccc1)CN3S(C)(=O)=O. The number of nitrogens with one attached hydrogen (secondary N) is 1. The van der Waals surface area contributed by atoms with Crippen LogP contribution in [0.25, 0.3) is 22.3 Å². The smallest absolute Gasteiger partial charge is 0.323 e. The van der Waals surface area contributed by atoms with Crippen molar-refractivity contribution in [3.05, 3.63) is 89.2 Å². The van der Waals surface area contributed by atoms with Gasteiger partial charge in [0.1, 0.15) is 35.9 Å². The van der Waals surface area contributed by atoms with Gasteiger partial charge in [0.25, 0.3) is 5.91 Å². The number of hydrogen-bond donors (Lipinski definition) is 2. The van der Waals surface area contributed by atoms with Gasteiger partial charge in [0, 0.05) is 29.6 Å². The molecule has 0 saturated heterocycles. The molecule has 0 spiro atoms. The molecule has 226 valence electrons. The number of benzene rings is 3. The van der Waals surface area contributed by atoms with E-state index in [0.717, 1.165) is 11.8 Å². The summed E-state index contributed by atoms with van der Waals surface area (Å²) in [6, 6.07) is 17.1. The fourth-order valence-electron chi connectivity index (χ4n) is 5.17. The van der Waals surface area contributed by atoms with Crippen LogP contribution in [0.3, 0.4) is 0 Å². The zero-order valence-corrected chi connectivity index (χ0v) is 24.7. The average Bonchev–Trinajstić information content (AvgIpc) is 3.28. The van der Waals surface area contributed by atoms with E-state index >= 15 is 0 Å². The molecule has 12 heteroatoms. The molecule has 10 nitrogen and oxygen atoms in total. The number of carbonyl (C=O) groups is 2. The number of fused-ring (bicyclic) bond motifs is 2. The molecule has 3 atom stereocenters. The second-order valence-electron chi connectivity index (χ2n) is 10.4. The first-order chi connectivity index (χ1) is 20.5. The average molecular weight is 610 g/mol. The molecule has 0 fully saturated rings. The summed E-state index contributed by atoms with van der Waals surface area (Å²) in [4.78, 5) is 25.7. The Morgan fingerprint density at radius 1 is 1.14 bits per heavy atom. The summed E-state index contributed by atoms with van der Waals surface area (Å²) in [5.41, 5.74) is 8.69. The maximum Gasteiger partial charge on any atom is 0.323 e. The largest absolute Gasteiger partial charge is 0.462 e. The van der Waals surface area contributed by atoms with Crippen LogP contribution >= 0.6 is 0 Å². The van der Waals surface area contributed by atoms with Crippen LogP contribution in [-0.2, 0) is 30.7 Å². The van der Waals surface area contributed by atoms with Crippen LogP contribution in [0.4, 0.5) is 10.1 Å². The third-order valence-electron chi connectivity index (χ3n) is 7.28. The molecule has 0 radical (unpaired) electrons. The van der Waals surface area contributed by atoms with Crippen LogP contribution in [0, 0.1) is 5.82 Å². The second kappa shape index (κ2) is 12.2. The maximum absolute atomic E-state index is 13.6. The van der Waals surface area contributed by atoms with E-state index in [4.69, 9.17) is 19.6 Å². The number of furan rings is 1.